The molecule has 1 aliphatic rings. The van der Waals surface area contributed by atoms with Crippen LogP contribution in [-0.4, -0.2) is 31.8 Å². The summed E-state index contributed by atoms with van der Waals surface area (Å²) in [6.07, 6.45) is 2.33. The number of carbonyl (C=O) groups excluding carboxylic acids is 1. The van der Waals surface area contributed by atoms with Crippen molar-refractivity contribution in [1.82, 2.24) is 5.32 Å². The first-order valence-corrected chi connectivity index (χ1v) is 7.92. The number of ether oxygens (including phenoxy) is 2. The van der Waals surface area contributed by atoms with Crippen molar-refractivity contribution in [3.8, 4) is 5.75 Å². The molecular formula is C17H27ClN2O3. The van der Waals surface area contributed by atoms with E-state index < -0.39 is 0 Å². The first kappa shape index (κ1) is 19.7. The van der Waals surface area contributed by atoms with Gasteiger partial charge in [0.15, 0.2) is 0 Å². The van der Waals surface area contributed by atoms with Gasteiger partial charge in [0.25, 0.3) is 0 Å². The summed E-state index contributed by atoms with van der Waals surface area (Å²) in [5.41, 5.74) is 7.62. The first-order chi connectivity index (χ1) is 10.6. The number of hydrogen-bond acceptors (Lipinski definition) is 4. The van der Waals surface area contributed by atoms with E-state index in [2.05, 4.69) is 5.32 Å². The summed E-state index contributed by atoms with van der Waals surface area (Å²) in [4.78, 5) is 11.8. The number of aryl methyl sites for hydroxylation is 1. The number of halogens is 1. The second-order valence-electron chi connectivity index (χ2n) is 5.91. The zero-order chi connectivity index (χ0) is 15.9. The monoisotopic (exact) mass is 342 g/mol. The Labute approximate surface area is 144 Å². The number of amides is 1. The lowest BCUT2D eigenvalue weighted by Crippen LogP contribution is -2.32. The Bertz CT molecular complexity index is 505. The van der Waals surface area contributed by atoms with Crippen molar-refractivity contribution in [2.45, 2.75) is 39.3 Å². The molecule has 2 unspecified atom stereocenters. The molecule has 0 spiro atoms. The van der Waals surface area contributed by atoms with Crippen LogP contribution in [0, 0.1) is 12.8 Å². The molecule has 2 rings (SSSR count). The van der Waals surface area contributed by atoms with Crippen molar-refractivity contribution < 1.29 is 14.3 Å². The third kappa shape index (κ3) is 6.01. The molecule has 1 saturated heterocycles. The number of nitrogens with one attached hydrogen (secondary N) is 1. The van der Waals surface area contributed by atoms with Gasteiger partial charge in [0, 0.05) is 31.2 Å². The molecule has 0 bridgehead atoms. The van der Waals surface area contributed by atoms with Crippen molar-refractivity contribution >= 4 is 18.3 Å². The molecule has 1 fully saturated rings. The fourth-order valence-corrected chi connectivity index (χ4v) is 2.36. The maximum absolute atomic E-state index is 11.8. The third-order valence-electron chi connectivity index (χ3n) is 3.93. The van der Waals surface area contributed by atoms with Gasteiger partial charge in [0.1, 0.15) is 12.4 Å². The minimum absolute atomic E-state index is 0. The Hall–Kier alpha value is -1.30. The zero-order valence-electron chi connectivity index (χ0n) is 13.8. The molecular weight excluding hydrogens is 316 g/mol. The zero-order valence-corrected chi connectivity index (χ0v) is 14.7. The smallest absolute Gasteiger partial charge is 0.224 e. The van der Waals surface area contributed by atoms with Crippen LogP contribution in [0.5, 0.6) is 5.75 Å². The first-order valence-electron chi connectivity index (χ1n) is 7.92. The summed E-state index contributed by atoms with van der Waals surface area (Å²) in [5.74, 6) is 0.603. The van der Waals surface area contributed by atoms with Gasteiger partial charge in [-0.3, -0.25) is 4.79 Å². The fourth-order valence-electron chi connectivity index (χ4n) is 2.36. The van der Waals surface area contributed by atoms with E-state index in [0.717, 1.165) is 36.3 Å². The molecule has 1 aromatic rings. The lowest BCUT2D eigenvalue weighted by molar-refractivity contribution is -0.124. The number of rotatable bonds is 7. The van der Waals surface area contributed by atoms with E-state index in [-0.39, 0.29) is 30.3 Å². The van der Waals surface area contributed by atoms with Gasteiger partial charge in [0.05, 0.1) is 6.10 Å². The second kappa shape index (κ2) is 9.75. The SMILES string of the molecule is Cc1ccc(CNC(=O)C(C)CN)c(OCC2CCCO2)c1.Cl. The van der Waals surface area contributed by atoms with Crippen molar-refractivity contribution in [3.05, 3.63) is 29.3 Å². The lowest BCUT2D eigenvalue weighted by Gasteiger charge is -2.16. The highest BCUT2D eigenvalue weighted by molar-refractivity contribution is 5.85. The molecule has 2 atom stereocenters. The van der Waals surface area contributed by atoms with Crippen molar-refractivity contribution in [2.75, 3.05) is 19.8 Å². The quantitative estimate of drug-likeness (QED) is 0.796. The van der Waals surface area contributed by atoms with Crippen LogP contribution in [0.4, 0.5) is 0 Å². The van der Waals surface area contributed by atoms with Crippen LogP contribution >= 0.6 is 12.4 Å². The molecule has 0 aromatic heterocycles. The van der Waals surface area contributed by atoms with Crippen molar-refractivity contribution in [1.29, 1.82) is 0 Å². The molecule has 6 heteroatoms. The molecule has 3 N–H and O–H groups in total. The summed E-state index contributed by atoms with van der Waals surface area (Å²) in [5, 5.41) is 2.91. The van der Waals surface area contributed by atoms with E-state index in [1.54, 1.807) is 0 Å². The maximum atomic E-state index is 11.8. The molecule has 1 amide bonds. The van der Waals surface area contributed by atoms with Gasteiger partial charge in [0.2, 0.25) is 5.91 Å². The molecule has 1 aliphatic heterocycles. The fraction of sp³-hybridized carbons (Fsp3) is 0.588. The van der Waals surface area contributed by atoms with Crippen molar-refractivity contribution in [3.63, 3.8) is 0 Å². The Kier molecular flexibility index (Phi) is 8.37. The minimum atomic E-state index is -0.179. The van der Waals surface area contributed by atoms with Crippen LogP contribution in [-0.2, 0) is 16.1 Å². The van der Waals surface area contributed by atoms with Crippen LogP contribution < -0.4 is 15.8 Å². The molecule has 1 aromatic carbocycles. The summed E-state index contributed by atoms with van der Waals surface area (Å²) in [7, 11) is 0. The van der Waals surface area contributed by atoms with Gasteiger partial charge in [-0.15, -0.1) is 12.4 Å². The number of carbonyl (C=O) groups is 1. The molecule has 0 saturated carbocycles. The topological polar surface area (TPSA) is 73.6 Å². The Morgan fingerprint density at radius 2 is 2.30 bits per heavy atom. The van der Waals surface area contributed by atoms with Gasteiger partial charge < -0.3 is 20.5 Å². The van der Waals surface area contributed by atoms with E-state index in [4.69, 9.17) is 15.2 Å². The number of benzene rings is 1. The van der Waals surface area contributed by atoms with Crippen LogP contribution in [0.3, 0.4) is 0 Å². The van der Waals surface area contributed by atoms with E-state index in [9.17, 15) is 4.79 Å². The Morgan fingerprint density at radius 1 is 1.52 bits per heavy atom. The highest BCUT2D eigenvalue weighted by Crippen LogP contribution is 2.22. The predicted molar refractivity (Wildman–Crippen MR) is 93.0 cm³/mol. The van der Waals surface area contributed by atoms with E-state index in [0.29, 0.717) is 19.7 Å². The molecule has 0 aliphatic carbocycles. The van der Waals surface area contributed by atoms with Gasteiger partial charge in [-0.1, -0.05) is 19.1 Å². The number of hydrogen-bond donors (Lipinski definition) is 2. The minimum Gasteiger partial charge on any atom is -0.491 e. The highest BCUT2D eigenvalue weighted by Gasteiger charge is 2.17. The second-order valence-corrected chi connectivity index (χ2v) is 5.91. The van der Waals surface area contributed by atoms with Crippen LogP contribution in [0.15, 0.2) is 18.2 Å². The van der Waals surface area contributed by atoms with Gasteiger partial charge in [-0.25, -0.2) is 0 Å². The lowest BCUT2D eigenvalue weighted by atomic mass is 10.1. The van der Waals surface area contributed by atoms with E-state index in [1.165, 1.54) is 0 Å². The summed E-state index contributed by atoms with van der Waals surface area (Å²) >= 11 is 0. The van der Waals surface area contributed by atoms with Gasteiger partial charge in [-0.05, 0) is 31.4 Å². The van der Waals surface area contributed by atoms with Gasteiger partial charge >= 0.3 is 0 Å². The van der Waals surface area contributed by atoms with E-state index in [1.807, 2.05) is 32.0 Å². The normalized spacial score (nSPS) is 18.1. The number of nitrogens with two attached hydrogens (primary N) is 1. The van der Waals surface area contributed by atoms with Crippen LogP contribution in [0.1, 0.15) is 30.9 Å². The Balaban J connectivity index is 0.00000264. The summed E-state index contributed by atoms with van der Waals surface area (Å²) in [6.45, 7) is 6.02. The summed E-state index contributed by atoms with van der Waals surface area (Å²) in [6, 6.07) is 6.02. The largest absolute Gasteiger partial charge is 0.491 e. The third-order valence-corrected chi connectivity index (χ3v) is 3.93. The molecule has 0 radical (unpaired) electrons. The Morgan fingerprint density at radius 3 is 2.96 bits per heavy atom. The average Bonchev–Trinajstić information content (AvgIpc) is 3.04. The highest BCUT2D eigenvalue weighted by atomic mass is 35.5. The molecule has 5 nitrogen and oxygen atoms in total. The molecule has 130 valence electrons. The maximum Gasteiger partial charge on any atom is 0.224 e. The predicted octanol–water partition coefficient (Wildman–Crippen LogP) is 2.19. The van der Waals surface area contributed by atoms with Crippen LogP contribution in [0.25, 0.3) is 0 Å². The molecule has 23 heavy (non-hydrogen) atoms. The molecule has 1 heterocycles. The van der Waals surface area contributed by atoms with Crippen LogP contribution in [0.2, 0.25) is 0 Å². The summed E-state index contributed by atoms with van der Waals surface area (Å²) < 4.78 is 11.5. The van der Waals surface area contributed by atoms with E-state index >= 15 is 0 Å². The average molecular weight is 343 g/mol. The van der Waals surface area contributed by atoms with Gasteiger partial charge in [-0.2, -0.15) is 0 Å². The van der Waals surface area contributed by atoms with Crippen molar-refractivity contribution in [2.24, 2.45) is 11.7 Å². The standard InChI is InChI=1S/C17H26N2O3.ClH/c1-12-5-6-14(10-19-17(20)13(2)9-18)16(8-12)22-11-15-4-3-7-21-15;/h5-6,8,13,15H,3-4,7,9-11,18H2,1-2H3,(H,19,20);1H.